The van der Waals surface area contributed by atoms with Crippen LogP contribution in [0.25, 0.3) is 22.7 Å². The third-order valence-electron chi connectivity index (χ3n) is 4.19. The molecule has 5 heteroatoms. The lowest BCUT2D eigenvalue weighted by Gasteiger charge is -2.07. The lowest BCUT2D eigenvalue weighted by molar-refractivity contribution is 0.355. The number of nitrogens with zero attached hydrogens (tertiary/aromatic N) is 2. The van der Waals surface area contributed by atoms with Crippen molar-refractivity contribution in [3.05, 3.63) is 52.8 Å². The molecule has 0 aliphatic carbocycles. The summed E-state index contributed by atoms with van der Waals surface area (Å²) in [6.45, 7) is 4.10. The highest BCUT2D eigenvalue weighted by Crippen LogP contribution is 2.29. The maximum atomic E-state index is 9.57. The van der Waals surface area contributed by atoms with Crippen LogP contribution in [-0.2, 0) is 0 Å². The van der Waals surface area contributed by atoms with Crippen molar-refractivity contribution in [2.45, 2.75) is 13.8 Å². The Kier molecular flexibility index (Phi) is 4.44. The Labute approximate surface area is 146 Å². The summed E-state index contributed by atoms with van der Waals surface area (Å²) < 4.78 is 10.6. The summed E-state index contributed by atoms with van der Waals surface area (Å²) in [7, 11) is 3.17. The summed E-state index contributed by atoms with van der Waals surface area (Å²) in [5.41, 5.74) is 5.43. The lowest BCUT2D eigenvalue weighted by atomic mass is 10.1. The van der Waals surface area contributed by atoms with E-state index in [9.17, 15) is 5.26 Å². The summed E-state index contributed by atoms with van der Waals surface area (Å²) in [4.78, 5) is 7.78. The predicted molar refractivity (Wildman–Crippen MR) is 98.6 cm³/mol. The van der Waals surface area contributed by atoms with Gasteiger partial charge in [-0.25, -0.2) is 4.98 Å². The molecular weight excluding hydrogens is 314 g/mol. The number of H-pyrrole nitrogens is 1. The van der Waals surface area contributed by atoms with Gasteiger partial charge in [0, 0.05) is 0 Å². The van der Waals surface area contributed by atoms with Crippen LogP contribution in [0.4, 0.5) is 0 Å². The fourth-order valence-corrected chi connectivity index (χ4v) is 2.66. The van der Waals surface area contributed by atoms with E-state index < -0.39 is 0 Å². The van der Waals surface area contributed by atoms with Gasteiger partial charge in [-0.3, -0.25) is 0 Å². The third-order valence-corrected chi connectivity index (χ3v) is 4.19. The number of benzene rings is 2. The number of allylic oxidation sites excluding steroid dienone is 1. The molecule has 2 aromatic carbocycles. The van der Waals surface area contributed by atoms with Crippen LogP contribution in [0.2, 0.25) is 0 Å². The van der Waals surface area contributed by atoms with Gasteiger partial charge in [-0.1, -0.05) is 6.07 Å². The molecule has 1 aromatic heterocycles. The van der Waals surface area contributed by atoms with Crippen molar-refractivity contribution in [1.82, 2.24) is 9.97 Å². The monoisotopic (exact) mass is 333 g/mol. The molecular formula is C20H19N3O2. The highest BCUT2D eigenvalue weighted by molar-refractivity contribution is 5.90. The van der Waals surface area contributed by atoms with Crippen LogP contribution in [0.1, 0.15) is 22.5 Å². The predicted octanol–water partition coefficient (Wildman–Crippen LogP) is 4.26. The van der Waals surface area contributed by atoms with Gasteiger partial charge in [0.2, 0.25) is 0 Å². The fraction of sp³-hybridized carbons (Fsp3) is 0.200. The Bertz CT molecular complexity index is 971. The molecule has 3 aromatic rings. The molecule has 126 valence electrons. The number of hydrogen-bond acceptors (Lipinski definition) is 4. The minimum absolute atomic E-state index is 0.457. The molecule has 0 saturated heterocycles. The highest BCUT2D eigenvalue weighted by Gasteiger charge is 2.10. The van der Waals surface area contributed by atoms with Crippen LogP contribution in [0.5, 0.6) is 11.5 Å². The quantitative estimate of drug-likeness (QED) is 0.724. The molecule has 1 heterocycles. The van der Waals surface area contributed by atoms with Crippen molar-refractivity contribution in [2.24, 2.45) is 0 Å². The van der Waals surface area contributed by atoms with Gasteiger partial charge >= 0.3 is 0 Å². The van der Waals surface area contributed by atoms with Gasteiger partial charge in [0.1, 0.15) is 11.9 Å². The van der Waals surface area contributed by atoms with Gasteiger partial charge in [0.25, 0.3) is 0 Å². The van der Waals surface area contributed by atoms with Gasteiger partial charge < -0.3 is 14.5 Å². The minimum atomic E-state index is 0.457. The molecule has 0 bridgehead atoms. The molecule has 1 N–H and O–H groups in total. The summed E-state index contributed by atoms with van der Waals surface area (Å²) in [6, 6.07) is 11.8. The van der Waals surface area contributed by atoms with E-state index in [-0.39, 0.29) is 0 Å². The first-order valence-corrected chi connectivity index (χ1v) is 7.87. The third kappa shape index (κ3) is 3.20. The smallest absolute Gasteiger partial charge is 0.161 e. The number of nitriles is 1. The van der Waals surface area contributed by atoms with Crippen LogP contribution >= 0.6 is 0 Å². The first-order chi connectivity index (χ1) is 12.0. The molecule has 3 rings (SSSR count). The summed E-state index contributed by atoms with van der Waals surface area (Å²) in [6.07, 6.45) is 1.78. The molecule has 0 amide bonds. The van der Waals surface area contributed by atoms with Crippen molar-refractivity contribution in [3.8, 4) is 17.6 Å². The standard InChI is InChI=1S/C20H19N3O2/c1-12-7-16-17(8-13(12)2)23-20(22-16)15(11-21)9-14-5-6-18(24-3)19(10-14)25-4/h5-10H,1-4H3,(H,22,23)/b15-9-. The number of fused-ring (bicyclic) bond motifs is 1. The van der Waals surface area contributed by atoms with E-state index in [4.69, 9.17) is 9.47 Å². The SMILES string of the molecule is COc1ccc(/C=C(/C#N)c2nc3cc(C)c(C)cc3[nH]2)cc1OC. The largest absolute Gasteiger partial charge is 0.493 e. The topological polar surface area (TPSA) is 70.9 Å². The number of nitrogens with one attached hydrogen (secondary N) is 1. The molecule has 0 aliphatic rings. The van der Waals surface area contributed by atoms with Gasteiger partial charge in [0.05, 0.1) is 30.8 Å². The van der Waals surface area contributed by atoms with Crippen LogP contribution in [0.15, 0.2) is 30.3 Å². The van der Waals surface area contributed by atoms with Crippen molar-refractivity contribution in [3.63, 3.8) is 0 Å². The molecule has 0 aliphatic heterocycles. The zero-order chi connectivity index (χ0) is 18.0. The maximum absolute atomic E-state index is 9.57. The summed E-state index contributed by atoms with van der Waals surface area (Å²) in [5, 5.41) is 9.57. The number of aromatic nitrogens is 2. The van der Waals surface area contributed by atoms with Gasteiger partial charge in [0.15, 0.2) is 11.5 Å². The minimum Gasteiger partial charge on any atom is -0.493 e. The summed E-state index contributed by atoms with van der Waals surface area (Å²) in [5.74, 6) is 1.81. The first-order valence-electron chi connectivity index (χ1n) is 7.87. The van der Waals surface area contributed by atoms with Gasteiger partial charge in [-0.2, -0.15) is 5.26 Å². The van der Waals surface area contributed by atoms with Crippen molar-refractivity contribution < 1.29 is 9.47 Å². The molecule has 0 atom stereocenters. The van der Waals surface area contributed by atoms with Crippen molar-refractivity contribution >= 4 is 22.7 Å². The van der Waals surface area contributed by atoms with E-state index in [0.29, 0.717) is 22.9 Å². The Morgan fingerprint density at radius 3 is 2.48 bits per heavy atom. The van der Waals surface area contributed by atoms with Crippen LogP contribution in [0.3, 0.4) is 0 Å². The molecule has 0 spiro atoms. The lowest BCUT2D eigenvalue weighted by Crippen LogP contribution is -1.91. The number of ether oxygens (including phenoxy) is 2. The number of hydrogen-bond donors (Lipinski definition) is 1. The summed E-state index contributed by atoms with van der Waals surface area (Å²) >= 11 is 0. The van der Waals surface area contributed by atoms with Gasteiger partial charge in [-0.15, -0.1) is 0 Å². The number of methoxy groups -OCH3 is 2. The second-order valence-corrected chi connectivity index (χ2v) is 5.82. The Morgan fingerprint density at radius 2 is 1.80 bits per heavy atom. The molecule has 5 nitrogen and oxygen atoms in total. The van der Waals surface area contributed by atoms with E-state index >= 15 is 0 Å². The fourth-order valence-electron chi connectivity index (χ4n) is 2.66. The molecule has 25 heavy (non-hydrogen) atoms. The van der Waals surface area contributed by atoms with Gasteiger partial charge in [-0.05, 0) is 60.9 Å². The zero-order valence-electron chi connectivity index (χ0n) is 14.7. The van der Waals surface area contributed by atoms with Crippen LogP contribution in [0, 0.1) is 25.2 Å². The second-order valence-electron chi connectivity index (χ2n) is 5.82. The number of aryl methyl sites for hydroxylation is 2. The average Bonchev–Trinajstić information content (AvgIpc) is 3.02. The van der Waals surface area contributed by atoms with E-state index in [2.05, 4.69) is 23.0 Å². The number of aromatic amines is 1. The van der Waals surface area contributed by atoms with Crippen molar-refractivity contribution in [2.75, 3.05) is 14.2 Å². The number of rotatable bonds is 4. The first kappa shape index (κ1) is 16.6. The van der Waals surface area contributed by atoms with E-state index in [1.165, 1.54) is 11.1 Å². The molecule has 0 saturated carbocycles. The van der Waals surface area contributed by atoms with E-state index in [1.807, 2.05) is 37.3 Å². The maximum Gasteiger partial charge on any atom is 0.161 e. The average molecular weight is 333 g/mol. The molecule has 0 unspecified atom stereocenters. The van der Waals surface area contributed by atoms with E-state index in [0.717, 1.165) is 16.6 Å². The van der Waals surface area contributed by atoms with Crippen molar-refractivity contribution in [1.29, 1.82) is 5.26 Å². The normalized spacial score (nSPS) is 11.4. The zero-order valence-corrected chi connectivity index (χ0v) is 14.7. The van der Waals surface area contributed by atoms with Crippen LogP contribution < -0.4 is 9.47 Å². The van der Waals surface area contributed by atoms with E-state index in [1.54, 1.807) is 20.3 Å². The second kappa shape index (κ2) is 6.70. The Morgan fingerprint density at radius 1 is 1.08 bits per heavy atom. The molecule has 0 fully saturated rings. The Hall–Kier alpha value is -3.26. The van der Waals surface area contributed by atoms with Crippen LogP contribution in [-0.4, -0.2) is 24.2 Å². The molecule has 0 radical (unpaired) electrons. The Balaban J connectivity index is 2.05. The highest BCUT2D eigenvalue weighted by atomic mass is 16.5. The number of imidazole rings is 1.